The van der Waals surface area contributed by atoms with Crippen molar-refractivity contribution in [2.24, 2.45) is 16.3 Å². The van der Waals surface area contributed by atoms with Gasteiger partial charge in [0.1, 0.15) is 17.2 Å². The van der Waals surface area contributed by atoms with E-state index >= 15 is 0 Å². The van der Waals surface area contributed by atoms with E-state index in [1.807, 2.05) is 16.7 Å². The summed E-state index contributed by atoms with van der Waals surface area (Å²) in [6.07, 6.45) is 18.7. The number of carbonyl (C=O) groups is 2. The van der Waals surface area contributed by atoms with Crippen LogP contribution in [0.5, 0.6) is 0 Å². The first-order valence-electron chi connectivity index (χ1n) is 11.4. The second kappa shape index (κ2) is 9.15. The third-order valence-corrected chi connectivity index (χ3v) is 6.57. The van der Waals surface area contributed by atoms with E-state index in [0.717, 1.165) is 35.8 Å². The summed E-state index contributed by atoms with van der Waals surface area (Å²) >= 11 is 0. The van der Waals surface area contributed by atoms with Crippen molar-refractivity contribution in [3.05, 3.63) is 71.9 Å². The number of hydrogen-bond donors (Lipinski definition) is 3. The lowest BCUT2D eigenvalue weighted by atomic mass is 9.72. The smallest absolute Gasteiger partial charge is 0.270 e. The molecule has 2 amide bonds. The summed E-state index contributed by atoms with van der Waals surface area (Å²) < 4.78 is 1.99. The van der Waals surface area contributed by atoms with Gasteiger partial charge in [0.05, 0.1) is 12.2 Å². The molecule has 0 saturated heterocycles. The Balaban J connectivity index is 1.15. The maximum absolute atomic E-state index is 12.6. The minimum absolute atomic E-state index is 0.205. The molecular weight excluding hydrogens is 416 g/mol. The fourth-order valence-corrected chi connectivity index (χ4v) is 4.69. The SMILES string of the molecule is O=CNC1=N/C(C(=O)NCc2cn3cc(CNCC4CC5(CC5)C4)ccc3n2)=C\C=C/C=C\1. The number of nitrogens with one attached hydrogen (secondary N) is 3. The van der Waals surface area contributed by atoms with Crippen LogP contribution in [0.1, 0.15) is 36.9 Å². The van der Waals surface area contributed by atoms with Crippen LogP contribution < -0.4 is 16.0 Å². The van der Waals surface area contributed by atoms with Crippen LogP contribution in [0.2, 0.25) is 0 Å². The van der Waals surface area contributed by atoms with Crippen molar-refractivity contribution in [1.29, 1.82) is 0 Å². The number of amidine groups is 1. The number of rotatable bonds is 8. The lowest BCUT2D eigenvalue weighted by Crippen LogP contribution is -2.33. The minimum atomic E-state index is -0.342. The van der Waals surface area contributed by atoms with Crippen molar-refractivity contribution in [2.75, 3.05) is 6.54 Å². The van der Waals surface area contributed by atoms with E-state index in [1.165, 1.54) is 31.2 Å². The third kappa shape index (κ3) is 5.12. The molecule has 2 saturated carbocycles. The summed E-state index contributed by atoms with van der Waals surface area (Å²) in [6.45, 7) is 2.21. The van der Waals surface area contributed by atoms with Crippen molar-refractivity contribution in [2.45, 2.75) is 38.8 Å². The Hall–Kier alpha value is -3.52. The Labute approximate surface area is 192 Å². The number of amides is 2. The summed E-state index contributed by atoms with van der Waals surface area (Å²) in [5.74, 6) is 0.800. The predicted octanol–water partition coefficient (Wildman–Crippen LogP) is 2.38. The largest absolute Gasteiger partial charge is 0.345 e. The molecule has 0 bridgehead atoms. The molecule has 2 aliphatic carbocycles. The van der Waals surface area contributed by atoms with E-state index in [2.05, 4.69) is 38.2 Å². The number of imidazole rings is 1. The van der Waals surface area contributed by atoms with Crippen LogP contribution >= 0.6 is 0 Å². The van der Waals surface area contributed by atoms with Gasteiger partial charge in [0.25, 0.3) is 5.91 Å². The molecule has 5 rings (SSSR count). The first-order valence-corrected chi connectivity index (χ1v) is 11.4. The van der Waals surface area contributed by atoms with Gasteiger partial charge in [-0.15, -0.1) is 0 Å². The van der Waals surface area contributed by atoms with Crippen LogP contribution in [-0.4, -0.2) is 34.1 Å². The van der Waals surface area contributed by atoms with Crippen molar-refractivity contribution in [1.82, 2.24) is 25.3 Å². The normalized spacial score (nSPS) is 23.9. The second-order valence-corrected chi connectivity index (χ2v) is 9.18. The van der Waals surface area contributed by atoms with Gasteiger partial charge < -0.3 is 20.4 Å². The highest BCUT2D eigenvalue weighted by Crippen LogP contribution is 2.63. The van der Waals surface area contributed by atoms with E-state index in [0.29, 0.717) is 12.2 Å². The number of aliphatic imine (C=N–C) groups is 1. The monoisotopic (exact) mass is 444 g/mol. The molecule has 1 spiro atoms. The Bertz CT molecular complexity index is 1180. The van der Waals surface area contributed by atoms with Gasteiger partial charge >= 0.3 is 0 Å². The first kappa shape index (κ1) is 21.3. The first-order chi connectivity index (χ1) is 16.1. The van der Waals surface area contributed by atoms with E-state index < -0.39 is 0 Å². The average molecular weight is 445 g/mol. The zero-order valence-corrected chi connectivity index (χ0v) is 18.5. The molecule has 0 unspecified atom stereocenters. The van der Waals surface area contributed by atoms with Gasteiger partial charge in [-0.25, -0.2) is 9.98 Å². The quantitative estimate of drug-likeness (QED) is 0.545. The summed E-state index contributed by atoms with van der Waals surface area (Å²) in [4.78, 5) is 32.1. The van der Waals surface area contributed by atoms with E-state index in [-0.39, 0.29) is 18.1 Å². The number of pyridine rings is 1. The van der Waals surface area contributed by atoms with Crippen molar-refractivity contribution in [3.8, 4) is 0 Å². The second-order valence-electron chi connectivity index (χ2n) is 9.18. The molecule has 8 heteroatoms. The molecule has 3 N–H and O–H groups in total. The molecule has 0 radical (unpaired) electrons. The molecule has 0 aromatic carbocycles. The summed E-state index contributed by atoms with van der Waals surface area (Å²) in [6, 6.07) is 4.09. The minimum Gasteiger partial charge on any atom is -0.345 e. The average Bonchev–Trinajstić information content (AvgIpc) is 3.46. The maximum atomic E-state index is 12.6. The van der Waals surface area contributed by atoms with Gasteiger partial charge in [0.2, 0.25) is 6.41 Å². The fourth-order valence-electron chi connectivity index (χ4n) is 4.69. The van der Waals surface area contributed by atoms with Crippen LogP contribution in [-0.2, 0) is 22.7 Å². The lowest BCUT2D eigenvalue weighted by molar-refractivity contribution is -0.117. The van der Waals surface area contributed by atoms with Crippen LogP contribution in [0, 0.1) is 11.3 Å². The lowest BCUT2D eigenvalue weighted by Gasteiger charge is -2.36. The molecule has 1 aliphatic heterocycles. The highest BCUT2D eigenvalue weighted by atomic mass is 16.2. The predicted molar refractivity (Wildman–Crippen MR) is 126 cm³/mol. The van der Waals surface area contributed by atoms with Crippen molar-refractivity contribution < 1.29 is 9.59 Å². The van der Waals surface area contributed by atoms with Crippen LogP contribution in [0.4, 0.5) is 0 Å². The highest BCUT2D eigenvalue weighted by Gasteiger charge is 2.52. The Morgan fingerprint density at radius 3 is 2.85 bits per heavy atom. The Morgan fingerprint density at radius 2 is 2.03 bits per heavy atom. The number of aromatic nitrogens is 2. The van der Waals surface area contributed by atoms with Crippen LogP contribution in [0.25, 0.3) is 5.65 Å². The number of fused-ring (bicyclic) bond motifs is 1. The Morgan fingerprint density at radius 1 is 1.15 bits per heavy atom. The topological polar surface area (TPSA) is 99.9 Å². The van der Waals surface area contributed by atoms with Crippen LogP contribution in [0.3, 0.4) is 0 Å². The fraction of sp³-hybridized carbons (Fsp3) is 0.360. The molecule has 170 valence electrons. The van der Waals surface area contributed by atoms with Crippen molar-refractivity contribution in [3.63, 3.8) is 0 Å². The van der Waals surface area contributed by atoms with E-state index in [9.17, 15) is 9.59 Å². The molecule has 2 aromatic heterocycles. The number of hydrogen-bond acceptors (Lipinski definition) is 5. The Kier molecular flexibility index (Phi) is 5.92. The summed E-state index contributed by atoms with van der Waals surface area (Å²) in [7, 11) is 0. The van der Waals surface area contributed by atoms with Gasteiger partial charge in [-0.3, -0.25) is 9.59 Å². The third-order valence-electron chi connectivity index (χ3n) is 6.57. The van der Waals surface area contributed by atoms with Gasteiger partial charge in [-0.05, 0) is 67.3 Å². The number of allylic oxidation sites excluding steroid dienone is 4. The number of nitrogens with zero attached hydrogens (tertiary/aromatic N) is 3. The van der Waals surface area contributed by atoms with Gasteiger partial charge in [0.15, 0.2) is 0 Å². The molecule has 3 heterocycles. The van der Waals surface area contributed by atoms with E-state index in [1.54, 1.807) is 30.4 Å². The standard InChI is InChI=1S/C25H28N6O2/c32-17-28-22-5-3-1-2-4-21(30-22)24(33)27-14-20-16-31-15-18(6-7-23(31)29-20)12-26-13-19-10-25(11-19)8-9-25/h1-7,15-17,19,26H,8-14H2,(H,27,33)(H,28,30,32). The van der Waals surface area contributed by atoms with E-state index in [4.69, 9.17) is 0 Å². The van der Waals surface area contributed by atoms with Gasteiger partial charge in [-0.2, -0.15) is 0 Å². The van der Waals surface area contributed by atoms with Crippen LogP contribution in [0.15, 0.2) is 65.6 Å². The van der Waals surface area contributed by atoms with Gasteiger partial charge in [-0.1, -0.05) is 24.3 Å². The molecule has 33 heavy (non-hydrogen) atoms. The number of carbonyl (C=O) groups excluding carboxylic acids is 2. The summed E-state index contributed by atoms with van der Waals surface area (Å²) in [5, 5.41) is 8.92. The van der Waals surface area contributed by atoms with Crippen molar-refractivity contribution >= 4 is 23.8 Å². The zero-order chi connectivity index (χ0) is 22.7. The highest BCUT2D eigenvalue weighted by molar-refractivity contribution is 6.04. The molecule has 8 nitrogen and oxygen atoms in total. The molecule has 0 atom stereocenters. The maximum Gasteiger partial charge on any atom is 0.270 e. The molecule has 2 fully saturated rings. The molecule has 3 aliphatic rings. The summed E-state index contributed by atoms with van der Waals surface area (Å²) in [5.41, 5.74) is 3.77. The molecular formula is C25H28N6O2. The zero-order valence-electron chi connectivity index (χ0n) is 18.5. The molecule has 2 aromatic rings. The van der Waals surface area contributed by atoms with Gasteiger partial charge in [0, 0.05) is 18.9 Å².